The first kappa shape index (κ1) is 18.2. The summed E-state index contributed by atoms with van der Waals surface area (Å²) >= 11 is 0. The van der Waals surface area contributed by atoms with Crippen LogP contribution in [0.15, 0.2) is 48.5 Å². The Morgan fingerprint density at radius 3 is 2.08 bits per heavy atom. The van der Waals surface area contributed by atoms with E-state index < -0.39 is 0 Å². The van der Waals surface area contributed by atoms with E-state index >= 15 is 0 Å². The third-order valence-corrected chi connectivity index (χ3v) is 4.09. The molecule has 0 aromatic heterocycles. The van der Waals surface area contributed by atoms with Crippen molar-refractivity contribution in [1.29, 1.82) is 10.5 Å². The van der Waals surface area contributed by atoms with Gasteiger partial charge >= 0.3 is 5.97 Å². The molecule has 0 aliphatic rings. The molecule has 0 saturated heterocycles. The molecule has 0 spiro atoms. The highest BCUT2D eigenvalue weighted by Crippen LogP contribution is 2.26. The monoisotopic (exact) mass is 332 g/mol. The SMILES string of the molecule is CCOC(=O)CC(CCc1ccc(C#N)cc1)c1ccc(C#N)cc1. The molecule has 126 valence electrons. The van der Waals surface area contributed by atoms with E-state index in [0.29, 0.717) is 24.2 Å². The fraction of sp³-hybridized carbons (Fsp3) is 0.286. The number of benzene rings is 2. The minimum absolute atomic E-state index is 0.0300. The van der Waals surface area contributed by atoms with Gasteiger partial charge in [-0.2, -0.15) is 10.5 Å². The minimum atomic E-state index is -0.211. The average molecular weight is 332 g/mol. The van der Waals surface area contributed by atoms with Crippen molar-refractivity contribution in [3.63, 3.8) is 0 Å². The number of aryl methyl sites for hydroxylation is 1. The molecule has 2 rings (SSSR count). The summed E-state index contributed by atoms with van der Waals surface area (Å²) in [5, 5.41) is 17.8. The molecule has 2 aromatic rings. The second-order valence-corrected chi connectivity index (χ2v) is 5.79. The first-order chi connectivity index (χ1) is 12.2. The van der Waals surface area contributed by atoms with Gasteiger partial charge < -0.3 is 4.74 Å². The Kier molecular flexibility index (Phi) is 6.75. The maximum absolute atomic E-state index is 11.9. The van der Waals surface area contributed by atoms with Crippen LogP contribution in [0.4, 0.5) is 0 Å². The van der Waals surface area contributed by atoms with E-state index in [1.165, 1.54) is 0 Å². The van der Waals surface area contributed by atoms with Crippen molar-refractivity contribution in [3.8, 4) is 12.1 Å². The van der Waals surface area contributed by atoms with Crippen molar-refractivity contribution in [1.82, 2.24) is 0 Å². The number of hydrogen-bond acceptors (Lipinski definition) is 4. The number of carbonyl (C=O) groups is 1. The van der Waals surface area contributed by atoms with Gasteiger partial charge in [-0.1, -0.05) is 24.3 Å². The fourth-order valence-electron chi connectivity index (χ4n) is 2.72. The lowest BCUT2D eigenvalue weighted by molar-refractivity contribution is -0.143. The largest absolute Gasteiger partial charge is 0.466 e. The average Bonchev–Trinajstić information content (AvgIpc) is 2.66. The van der Waals surface area contributed by atoms with Gasteiger partial charge in [0.15, 0.2) is 0 Å². The lowest BCUT2D eigenvalue weighted by Gasteiger charge is -2.17. The molecule has 4 nitrogen and oxygen atoms in total. The van der Waals surface area contributed by atoms with Crippen molar-refractivity contribution >= 4 is 5.97 Å². The Labute approximate surface area is 148 Å². The summed E-state index contributed by atoms with van der Waals surface area (Å²) in [6.45, 7) is 2.17. The lowest BCUT2D eigenvalue weighted by atomic mass is 9.89. The zero-order valence-electron chi connectivity index (χ0n) is 14.2. The molecule has 0 aliphatic heterocycles. The summed E-state index contributed by atoms with van der Waals surface area (Å²) in [5.74, 6) is -0.181. The van der Waals surface area contributed by atoms with Crippen LogP contribution in [0.25, 0.3) is 0 Å². The molecule has 0 heterocycles. The molecule has 0 saturated carbocycles. The van der Waals surface area contributed by atoms with Crippen LogP contribution in [0.3, 0.4) is 0 Å². The van der Waals surface area contributed by atoms with Crippen LogP contribution in [0.5, 0.6) is 0 Å². The third kappa shape index (κ3) is 5.48. The summed E-state index contributed by atoms with van der Waals surface area (Å²) in [7, 11) is 0. The van der Waals surface area contributed by atoms with Crippen LogP contribution in [0.1, 0.15) is 47.9 Å². The van der Waals surface area contributed by atoms with Gasteiger partial charge in [0.1, 0.15) is 0 Å². The van der Waals surface area contributed by atoms with Crippen molar-refractivity contribution in [2.24, 2.45) is 0 Å². The molecule has 25 heavy (non-hydrogen) atoms. The number of nitriles is 2. The summed E-state index contributed by atoms with van der Waals surface area (Å²) in [6, 6.07) is 19.1. The molecular formula is C21H20N2O2. The maximum Gasteiger partial charge on any atom is 0.306 e. The Morgan fingerprint density at radius 2 is 1.56 bits per heavy atom. The Morgan fingerprint density at radius 1 is 1.00 bits per heavy atom. The molecule has 4 heteroatoms. The van der Waals surface area contributed by atoms with Crippen molar-refractivity contribution in [2.45, 2.75) is 32.1 Å². The predicted molar refractivity (Wildman–Crippen MR) is 94.6 cm³/mol. The van der Waals surface area contributed by atoms with Crippen LogP contribution in [0.2, 0.25) is 0 Å². The van der Waals surface area contributed by atoms with Crippen LogP contribution in [-0.4, -0.2) is 12.6 Å². The zero-order valence-corrected chi connectivity index (χ0v) is 14.2. The highest BCUT2D eigenvalue weighted by molar-refractivity contribution is 5.70. The van der Waals surface area contributed by atoms with Crippen molar-refractivity contribution < 1.29 is 9.53 Å². The Bertz CT molecular complexity index is 781. The third-order valence-electron chi connectivity index (χ3n) is 4.09. The van der Waals surface area contributed by atoms with E-state index in [1.54, 1.807) is 31.2 Å². The van der Waals surface area contributed by atoms with Crippen LogP contribution in [-0.2, 0) is 16.0 Å². The first-order valence-corrected chi connectivity index (χ1v) is 8.31. The summed E-state index contributed by atoms with van der Waals surface area (Å²) < 4.78 is 5.09. The zero-order chi connectivity index (χ0) is 18.1. The fourth-order valence-corrected chi connectivity index (χ4v) is 2.72. The molecule has 0 bridgehead atoms. The van der Waals surface area contributed by atoms with E-state index in [-0.39, 0.29) is 11.9 Å². The minimum Gasteiger partial charge on any atom is -0.466 e. The van der Waals surface area contributed by atoms with Gasteiger partial charge in [-0.15, -0.1) is 0 Å². The normalized spacial score (nSPS) is 11.2. The van der Waals surface area contributed by atoms with E-state index in [9.17, 15) is 4.79 Å². The number of esters is 1. The standard InChI is InChI=1S/C21H20N2O2/c1-2-25-21(24)13-20(19-10-8-18(15-23)9-11-19)12-7-16-3-5-17(14-22)6-4-16/h3-6,8-11,20H,2,7,12-13H2,1H3. The molecular weight excluding hydrogens is 312 g/mol. The van der Waals surface area contributed by atoms with Crippen LogP contribution >= 0.6 is 0 Å². The second-order valence-electron chi connectivity index (χ2n) is 5.79. The van der Waals surface area contributed by atoms with E-state index in [1.807, 2.05) is 24.3 Å². The smallest absolute Gasteiger partial charge is 0.306 e. The number of carbonyl (C=O) groups excluding carboxylic acids is 1. The molecule has 0 radical (unpaired) electrons. The van der Waals surface area contributed by atoms with Crippen molar-refractivity contribution in [3.05, 3.63) is 70.8 Å². The quantitative estimate of drug-likeness (QED) is 0.715. The van der Waals surface area contributed by atoms with Gasteiger partial charge in [0, 0.05) is 0 Å². The number of rotatable bonds is 7. The van der Waals surface area contributed by atoms with E-state index in [0.717, 1.165) is 24.0 Å². The Hall–Kier alpha value is -3.11. The van der Waals surface area contributed by atoms with E-state index in [4.69, 9.17) is 15.3 Å². The van der Waals surface area contributed by atoms with Crippen LogP contribution < -0.4 is 0 Å². The highest BCUT2D eigenvalue weighted by atomic mass is 16.5. The van der Waals surface area contributed by atoms with Gasteiger partial charge in [-0.05, 0) is 61.1 Å². The predicted octanol–water partition coefficient (Wildman–Crippen LogP) is 4.10. The number of hydrogen-bond donors (Lipinski definition) is 0. The van der Waals surface area contributed by atoms with Gasteiger partial charge in [-0.25, -0.2) is 0 Å². The lowest BCUT2D eigenvalue weighted by Crippen LogP contribution is -2.11. The summed E-state index contributed by atoms with van der Waals surface area (Å²) in [6.07, 6.45) is 1.91. The summed E-state index contributed by atoms with van der Waals surface area (Å²) in [5.41, 5.74) is 3.40. The molecule has 1 unspecified atom stereocenters. The molecule has 2 aromatic carbocycles. The Balaban J connectivity index is 2.11. The van der Waals surface area contributed by atoms with E-state index in [2.05, 4.69) is 12.1 Å². The van der Waals surface area contributed by atoms with Gasteiger partial charge in [0.2, 0.25) is 0 Å². The van der Waals surface area contributed by atoms with Gasteiger partial charge in [0.25, 0.3) is 0 Å². The van der Waals surface area contributed by atoms with Gasteiger partial charge in [0.05, 0.1) is 36.3 Å². The maximum atomic E-state index is 11.9. The molecule has 0 fully saturated rings. The first-order valence-electron chi connectivity index (χ1n) is 8.31. The number of ether oxygens (including phenoxy) is 1. The van der Waals surface area contributed by atoms with Gasteiger partial charge in [-0.3, -0.25) is 4.79 Å². The molecule has 0 aliphatic carbocycles. The molecule has 0 N–H and O–H groups in total. The topological polar surface area (TPSA) is 73.9 Å². The number of nitrogens with zero attached hydrogens (tertiary/aromatic N) is 2. The van der Waals surface area contributed by atoms with Crippen LogP contribution in [0, 0.1) is 22.7 Å². The second kappa shape index (κ2) is 9.25. The highest BCUT2D eigenvalue weighted by Gasteiger charge is 2.17. The molecule has 0 amide bonds. The summed E-state index contributed by atoms with van der Waals surface area (Å²) in [4.78, 5) is 11.9. The van der Waals surface area contributed by atoms with Crippen molar-refractivity contribution in [2.75, 3.05) is 6.61 Å². The molecule has 1 atom stereocenters.